The van der Waals surface area contributed by atoms with Crippen LogP contribution < -0.4 is 21.8 Å². The second-order valence-corrected chi connectivity index (χ2v) is 10.9. The molecule has 4 rings (SSSR count). The van der Waals surface area contributed by atoms with E-state index in [9.17, 15) is 0 Å². The third-order valence-electron chi connectivity index (χ3n) is 7.58. The lowest BCUT2D eigenvalue weighted by atomic mass is 9.94. The second-order valence-electron chi connectivity index (χ2n) is 10.9. The Morgan fingerprint density at radius 1 is 1.05 bits per heavy atom. The summed E-state index contributed by atoms with van der Waals surface area (Å²) in [5.74, 6) is 12.2. The zero-order chi connectivity index (χ0) is 29.9. The van der Waals surface area contributed by atoms with Gasteiger partial charge in [-0.05, 0) is 70.9 Å². The van der Waals surface area contributed by atoms with E-state index in [0.717, 1.165) is 49.0 Å². The van der Waals surface area contributed by atoms with Crippen LogP contribution in [0.4, 0.5) is 0 Å². The largest absolute Gasteiger partial charge is 0.367 e. The third-order valence-corrected chi connectivity index (χ3v) is 7.58. The number of H-pyrrole nitrogens is 1. The number of nitrogens with one attached hydrogen (secondary N) is 2. The number of fused-ring (bicyclic) bond motifs is 1. The molecule has 0 unspecified atom stereocenters. The lowest BCUT2D eigenvalue weighted by Gasteiger charge is -2.25. The highest BCUT2D eigenvalue weighted by molar-refractivity contribution is 5.57. The monoisotopic (exact) mass is 554 g/mol. The van der Waals surface area contributed by atoms with Crippen molar-refractivity contribution >= 4 is 24.3 Å². The molecular weight excluding hydrogens is 512 g/mol. The Bertz CT molecular complexity index is 1670. The third kappa shape index (κ3) is 8.39. The average Bonchev–Trinajstić information content (AvgIpc) is 3.22. The number of rotatable bonds is 14. The maximum absolute atomic E-state index is 5.42. The van der Waals surface area contributed by atoms with Gasteiger partial charge in [-0.1, -0.05) is 112 Å². The van der Waals surface area contributed by atoms with Crippen molar-refractivity contribution in [3.05, 3.63) is 142 Å². The van der Waals surface area contributed by atoms with Gasteiger partial charge in [-0.2, -0.15) is 0 Å². The molecule has 1 aromatic heterocycles. The van der Waals surface area contributed by atoms with Gasteiger partial charge in [0.25, 0.3) is 0 Å². The fourth-order valence-corrected chi connectivity index (χ4v) is 4.75. The Morgan fingerprint density at radius 3 is 2.60 bits per heavy atom. The summed E-state index contributed by atoms with van der Waals surface area (Å²) in [7, 11) is 0. The van der Waals surface area contributed by atoms with E-state index in [-0.39, 0.29) is 0 Å². The number of hydrogen-bond donors (Lipinski definition) is 3. The molecule has 0 bridgehead atoms. The van der Waals surface area contributed by atoms with E-state index >= 15 is 0 Å². The molecular formula is C38H42N4. The quantitative estimate of drug-likeness (QED) is 0.0753. The highest BCUT2D eigenvalue weighted by Gasteiger charge is 2.11. The van der Waals surface area contributed by atoms with E-state index in [4.69, 9.17) is 5.84 Å². The highest BCUT2D eigenvalue weighted by Crippen LogP contribution is 2.21. The summed E-state index contributed by atoms with van der Waals surface area (Å²) in [5.41, 5.74) is 11.5. The number of aromatic amines is 1. The van der Waals surface area contributed by atoms with Crippen LogP contribution in [0.15, 0.2) is 104 Å². The first-order valence-corrected chi connectivity index (χ1v) is 14.5. The van der Waals surface area contributed by atoms with Gasteiger partial charge < -0.3 is 15.3 Å². The van der Waals surface area contributed by atoms with E-state index in [1.165, 1.54) is 33.0 Å². The van der Waals surface area contributed by atoms with Crippen molar-refractivity contribution < 1.29 is 0 Å². The minimum atomic E-state index is 0.454. The minimum Gasteiger partial charge on any atom is -0.367 e. The van der Waals surface area contributed by atoms with Gasteiger partial charge in [-0.25, -0.2) is 0 Å². The van der Waals surface area contributed by atoms with Crippen molar-refractivity contribution in [1.82, 2.24) is 15.3 Å². The number of benzene rings is 2. The van der Waals surface area contributed by atoms with Gasteiger partial charge in [-0.3, -0.25) is 5.84 Å². The summed E-state index contributed by atoms with van der Waals surface area (Å²) in [6, 6.07) is 17.1. The maximum Gasteiger partial charge on any atom is 0.0432 e. The van der Waals surface area contributed by atoms with Crippen LogP contribution in [0.3, 0.4) is 0 Å². The molecule has 0 aliphatic heterocycles. The fraction of sp³-hybridized carbons (Fsp3) is 0.211. The standard InChI is InChI=1S/C38H42N4/c1-28(2)29(3)25-35-12-10-9-11-34(35)22-16-31(5)42(24-23-36-26-40-38-14-8-6-7-13-37(36)38)27-33-20-18-32(19-21-33)17-15-30(4)41-39/h9-22,26,28,40-41H,3-5,8,23-25,27,39H2,1-2H3/b17-15+,22-16-. The SMILES string of the molecule is C=C(/C=C/c1ccc(CN(CCc2c[nH]c3c2=CC#CCC=3)C(=C)/C=C\c2ccccc2CC(=C)C(C)C)cc1)NN. The van der Waals surface area contributed by atoms with E-state index in [1.807, 2.05) is 18.2 Å². The predicted molar refractivity (Wildman–Crippen MR) is 180 cm³/mol. The van der Waals surface area contributed by atoms with Crippen LogP contribution in [0.25, 0.3) is 24.3 Å². The Hall–Kier alpha value is -4.72. The Morgan fingerprint density at radius 2 is 1.83 bits per heavy atom. The predicted octanol–water partition coefficient (Wildman–Crippen LogP) is 6.00. The summed E-state index contributed by atoms with van der Waals surface area (Å²) in [5, 5.41) is 2.34. The summed E-state index contributed by atoms with van der Waals surface area (Å²) in [6.45, 7) is 18.6. The lowest BCUT2D eigenvalue weighted by Crippen LogP contribution is -2.28. The summed E-state index contributed by atoms with van der Waals surface area (Å²) < 4.78 is 0. The van der Waals surface area contributed by atoms with Crippen LogP contribution in [-0.4, -0.2) is 16.4 Å². The van der Waals surface area contributed by atoms with Crippen molar-refractivity contribution in [1.29, 1.82) is 0 Å². The summed E-state index contributed by atoms with van der Waals surface area (Å²) in [4.78, 5) is 5.77. The molecule has 4 nitrogen and oxygen atoms in total. The van der Waals surface area contributed by atoms with Crippen LogP contribution in [0.2, 0.25) is 0 Å². The molecule has 214 valence electrons. The smallest absolute Gasteiger partial charge is 0.0432 e. The molecule has 3 aromatic rings. The molecule has 0 saturated heterocycles. The first-order valence-electron chi connectivity index (χ1n) is 14.5. The fourth-order valence-electron chi connectivity index (χ4n) is 4.75. The van der Waals surface area contributed by atoms with Crippen molar-refractivity contribution in [2.24, 2.45) is 11.8 Å². The average molecular weight is 555 g/mol. The molecule has 1 aliphatic rings. The number of hydrazine groups is 1. The maximum atomic E-state index is 5.42. The zero-order valence-corrected chi connectivity index (χ0v) is 24.9. The van der Waals surface area contributed by atoms with Crippen molar-refractivity contribution in [3.8, 4) is 11.8 Å². The van der Waals surface area contributed by atoms with Crippen molar-refractivity contribution in [2.45, 2.75) is 39.7 Å². The first kappa shape index (κ1) is 30.2. The zero-order valence-electron chi connectivity index (χ0n) is 24.9. The molecule has 0 saturated carbocycles. The Balaban J connectivity index is 1.55. The van der Waals surface area contributed by atoms with Crippen LogP contribution >= 0.6 is 0 Å². The minimum absolute atomic E-state index is 0.454. The molecule has 0 spiro atoms. The van der Waals surface area contributed by atoms with Crippen LogP contribution in [0.1, 0.15) is 48.1 Å². The van der Waals surface area contributed by atoms with E-state index < -0.39 is 0 Å². The summed E-state index contributed by atoms with van der Waals surface area (Å²) >= 11 is 0. The van der Waals surface area contributed by atoms with E-state index in [1.54, 1.807) is 0 Å². The van der Waals surface area contributed by atoms with Gasteiger partial charge in [0.2, 0.25) is 0 Å². The molecule has 2 aromatic carbocycles. The molecule has 1 heterocycles. The van der Waals surface area contributed by atoms with E-state index in [2.05, 4.69) is 134 Å². The topological polar surface area (TPSA) is 57.1 Å². The van der Waals surface area contributed by atoms with Crippen LogP contribution in [0.5, 0.6) is 0 Å². The van der Waals surface area contributed by atoms with Crippen molar-refractivity contribution in [3.63, 3.8) is 0 Å². The number of allylic oxidation sites excluding steroid dienone is 3. The van der Waals surface area contributed by atoms with E-state index in [0.29, 0.717) is 11.6 Å². The molecule has 0 fully saturated rings. The van der Waals surface area contributed by atoms with Gasteiger partial charge in [0.05, 0.1) is 0 Å². The van der Waals surface area contributed by atoms with Crippen molar-refractivity contribution in [2.75, 3.05) is 6.54 Å². The summed E-state index contributed by atoms with van der Waals surface area (Å²) in [6.07, 6.45) is 17.0. The second kappa shape index (κ2) is 14.8. The molecule has 0 amide bonds. The molecule has 0 radical (unpaired) electrons. The van der Waals surface area contributed by atoms with Gasteiger partial charge >= 0.3 is 0 Å². The molecule has 42 heavy (non-hydrogen) atoms. The number of nitrogens with two attached hydrogens (primary N) is 1. The Kier molecular flexibility index (Phi) is 10.6. The normalized spacial score (nSPS) is 12.2. The molecule has 4 N–H and O–H groups in total. The highest BCUT2D eigenvalue weighted by atomic mass is 15.2. The number of nitrogens with zero attached hydrogens (tertiary/aromatic N) is 1. The molecule has 0 atom stereocenters. The molecule has 4 heteroatoms. The van der Waals surface area contributed by atoms with Gasteiger partial charge in [-0.15, -0.1) is 0 Å². The first-order chi connectivity index (χ1) is 20.3. The van der Waals surface area contributed by atoms with Gasteiger partial charge in [0.15, 0.2) is 0 Å². The number of aromatic nitrogens is 1. The van der Waals surface area contributed by atoms with Crippen LogP contribution in [-0.2, 0) is 19.4 Å². The lowest BCUT2D eigenvalue weighted by molar-refractivity contribution is 0.353. The Labute approximate surface area is 251 Å². The molecule has 1 aliphatic carbocycles. The van der Waals surface area contributed by atoms with Crippen LogP contribution in [0, 0.1) is 17.8 Å². The number of hydrogen-bond acceptors (Lipinski definition) is 3. The van der Waals surface area contributed by atoms with Gasteiger partial charge in [0.1, 0.15) is 0 Å². The van der Waals surface area contributed by atoms with Gasteiger partial charge in [0, 0.05) is 47.7 Å².